The molecule has 1 N–H and O–H groups in total. The van der Waals surface area contributed by atoms with Crippen LogP contribution in [0.15, 0.2) is 60.8 Å². The summed E-state index contributed by atoms with van der Waals surface area (Å²) >= 11 is 0. The molecule has 144 valence electrons. The van der Waals surface area contributed by atoms with E-state index in [2.05, 4.69) is 21.4 Å². The van der Waals surface area contributed by atoms with Crippen molar-refractivity contribution in [2.24, 2.45) is 0 Å². The fourth-order valence-corrected chi connectivity index (χ4v) is 3.13. The maximum absolute atomic E-state index is 13.1. The highest BCUT2D eigenvalue weighted by atomic mass is 16.2. The van der Waals surface area contributed by atoms with Crippen molar-refractivity contribution in [2.45, 2.75) is 40.3 Å². The van der Waals surface area contributed by atoms with Crippen LogP contribution in [0, 0.1) is 13.8 Å². The summed E-state index contributed by atoms with van der Waals surface area (Å²) in [6, 6.07) is 17.9. The summed E-state index contributed by atoms with van der Waals surface area (Å²) in [5.74, 6) is 0.309. The third-order valence-electron chi connectivity index (χ3n) is 4.43. The van der Waals surface area contributed by atoms with Crippen molar-refractivity contribution in [3.05, 3.63) is 83.2 Å². The molecule has 0 atom stereocenters. The van der Waals surface area contributed by atoms with Crippen LogP contribution in [0.1, 0.15) is 41.0 Å². The summed E-state index contributed by atoms with van der Waals surface area (Å²) in [4.78, 5) is 23.7. The highest BCUT2D eigenvalue weighted by Crippen LogP contribution is 2.18. The number of nitrogens with one attached hydrogen (secondary N) is 1. The number of amides is 1. The van der Waals surface area contributed by atoms with Gasteiger partial charge in [0.1, 0.15) is 5.69 Å². The summed E-state index contributed by atoms with van der Waals surface area (Å²) in [7, 11) is 0. The van der Waals surface area contributed by atoms with Crippen LogP contribution in [0.3, 0.4) is 0 Å². The van der Waals surface area contributed by atoms with Crippen molar-refractivity contribution in [2.75, 3.05) is 5.32 Å². The van der Waals surface area contributed by atoms with Crippen molar-refractivity contribution in [1.29, 1.82) is 0 Å². The summed E-state index contributed by atoms with van der Waals surface area (Å²) in [6.45, 7) is 8.65. The standard InChI is InChI=1S/C23H26N4O/c1-16(2)27(15-19-8-6-5-7-9-19)22(28)21-10-11-24-23(26-21)25-20-13-17(3)12-18(4)14-20/h5-14,16H,15H2,1-4H3,(H,24,25,26). The monoisotopic (exact) mass is 374 g/mol. The predicted molar refractivity (Wildman–Crippen MR) is 113 cm³/mol. The first-order valence-electron chi connectivity index (χ1n) is 9.45. The van der Waals surface area contributed by atoms with E-state index >= 15 is 0 Å². The van der Waals surface area contributed by atoms with Crippen LogP contribution < -0.4 is 5.32 Å². The van der Waals surface area contributed by atoms with Gasteiger partial charge in [0.05, 0.1) is 0 Å². The zero-order valence-corrected chi connectivity index (χ0v) is 16.8. The van der Waals surface area contributed by atoms with E-state index < -0.39 is 0 Å². The smallest absolute Gasteiger partial charge is 0.273 e. The zero-order valence-electron chi connectivity index (χ0n) is 16.8. The SMILES string of the molecule is Cc1cc(C)cc(Nc2nccc(C(=O)N(Cc3ccccc3)C(C)C)n2)c1. The Labute approximate surface area is 166 Å². The number of aromatic nitrogens is 2. The molecular weight excluding hydrogens is 348 g/mol. The van der Waals surface area contributed by atoms with Crippen LogP contribution in [0.2, 0.25) is 0 Å². The molecule has 5 heteroatoms. The number of carbonyl (C=O) groups is 1. The number of benzene rings is 2. The van der Waals surface area contributed by atoms with Crippen molar-refractivity contribution in [1.82, 2.24) is 14.9 Å². The first-order valence-corrected chi connectivity index (χ1v) is 9.45. The number of carbonyl (C=O) groups excluding carboxylic acids is 1. The topological polar surface area (TPSA) is 58.1 Å². The Hall–Kier alpha value is -3.21. The average Bonchev–Trinajstić information content (AvgIpc) is 2.65. The van der Waals surface area contributed by atoms with Gasteiger partial charge in [-0.15, -0.1) is 0 Å². The van der Waals surface area contributed by atoms with Gasteiger partial charge in [-0.2, -0.15) is 0 Å². The lowest BCUT2D eigenvalue weighted by molar-refractivity contribution is 0.0684. The van der Waals surface area contributed by atoms with Crippen LogP contribution in [-0.4, -0.2) is 26.8 Å². The molecule has 5 nitrogen and oxygen atoms in total. The number of hydrogen-bond donors (Lipinski definition) is 1. The summed E-state index contributed by atoms with van der Waals surface area (Å²) in [5, 5.41) is 3.21. The van der Waals surface area contributed by atoms with Gasteiger partial charge in [-0.05, 0) is 62.6 Å². The first kappa shape index (κ1) is 19.5. The molecule has 0 unspecified atom stereocenters. The molecule has 1 aromatic heterocycles. The number of hydrogen-bond acceptors (Lipinski definition) is 4. The van der Waals surface area contributed by atoms with E-state index in [1.54, 1.807) is 12.3 Å². The fourth-order valence-electron chi connectivity index (χ4n) is 3.13. The van der Waals surface area contributed by atoms with E-state index in [1.807, 2.05) is 75.1 Å². The lowest BCUT2D eigenvalue weighted by Gasteiger charge is -2.26. The maximum Gasteiger partial charge on any atom is 0.273 e. The van der Waals surface area contributed by atoms with Gasteiger partial charge in [-0.1, -0.05) is 36.4 Å². The van der Waals surface area contributed by atoms with Crippen LogP contribution in [0.25, 0.3) is 0 Å². The molecule has 1 amide bonds. The number of anilines is 2. The average molecular weight is 374 g/mol. The molecule has 0 fully saturated rings. The van der Waals surface area contributed by atoms with Gasteiger partial charge in [0.2, 0.25) is 5.95 Å². The van der Waals surface area contributed by atoms with Gasteiger partial charge in [-0.3, -0.25) is 4.79 Å². The Morgan fingerprint density at radius 3 is 2.36 bits per heavy atom. The number of aryl methyl sites for hydroxylation is 2. The van der Waals surface area contributed by atoms with E-state index in [-0.39, 0.29) is 11.9 Å². The minimum absolute atomic E-state index is 0.0542. The van der Waals surface area contributed by atoms with E-state index in [1.165, 1.54) is 0 Å². The molecule has 3 rings (SSSR count). The number of rotatable bonds is 6. The summed E-state index contributed by atoms with van der Waals surface area (Å²) in [5.41, 5.74) is 4.69. The largest absolute Gasteiger partial charge is 0.331 e. The van der Waals surface area contributed by atoms with Crippen LogP contribution >= 0.6 is 0 Å². The van der Waals surface area contributed by atoms with Crippen LogP contribution in [0.4, 0.5) is 11.6 Å². The molecule has 0 saturated heterocycles. The lowest BCUT2D eigenvalue weighted by Crippen LogP contribution is -2.37. The van der Waals surface area contributed by atoms with Crippen molar-refractivity contribution in [3.63, 3.8) is 0 Å². The van der Waals surface area contributed by atoms with Gasteiger partial charge < -0.3 is 10.2 Å². The van der Waals surface area contributed by atoms with Crippen LogP contribution in [0.5, 0.6) is 0 Å². The molecule has 0 radical (unpaired) electrons. The van der Waals surface area contributed by atoms with Crippen LogP contribution in [-0.2, 0) is 6.54 Å². The van der Waals surface area contributed by atoms with Gasteiger partial charge in [0.15, 0.2) is 0 Å². The minimum Gasteiger partial charge on any atom is -0.331 e. The molecule has 0 saturated carbocycles. The van der Waals surface area contributed by atoms with E-state index in [9.17, 15) is 4.79 Å². The second-order valence-corrected chi connectivity index (χ2v) is 7.28. The third-order valence-corrected chi connectivity index (χ3v) is 4.43. The second kappa shape index (κ2) is 8.65. The van der Waals surface area contributed by atoms with E-state index in [0.29, 0.717) is 18.2 Å². The number of nitrogens with zero attached hydrogens (tertiary/aromatic N) is 3. The molecule has 0 bridgehead atoms. The molecule has 1 heterocycles. The second-order valence-electron chi connectivity index (χ2n) is 7.28. The zero-order chi connectivity index (χ0) is 20.1. The third kappa shape index (κ3) is 4.94. The van der Waals surface area contributed by atoms with Crippen molar-refractivity contribution < 1.29 is 4.79 Å². The summed E-state index contributed by atoms with van der Waals surface area (Å²) in [6.07, 6.45) is 1.62. The van der Waals surface area contributed by atoms with Gasteiger partial charge in [0, 0.05) is 24.5 Å². The molecule has 0 aliphatic heterocycles. The Morgan fingerprint density at radius 2 is 1.71 bits per heavy atom. The van der Waals surface area contributed by atoms with Crippen molar-refractivity contribution >= 4 is 17.5 Å². The maximum atomic E-state index is 13.1. The Morgan fingerprint density at radius 1 is 1.04 bits per heavy atom. The molecule has 2 aromatic carbocycles. The molecule has 0 aliphatic carbocycles. The molecular formula is C23H26N4O. The molecule has 3 aromatic rings. The Balaban J connectivity index is 1.81. The van der Waals surface area contributed by atoms with E-state index in [0.717, 1.165) is 22.4 Å². The van der Waals surface area contributed by atoms with Gasteiger partial charge in [0.25, 0.3) is 5.91 Å². The molecule has 0 spiro atoms. The van der Waals surface area contributed by atoms with Gasteiger partial charge >= 0.3 is 0 Å². The lowest BCUT2D eigenvalue weighted by atomic mass is 10.1. The highest BCUT2D eigenvalue weighted by molar-refractivity contribution is 5.92. The Bertz CT molecular complexity index is 934. The predicted octanol–water partition coefficient (Wildman–Crippen LogP) is 4.89. The summed E-state index contributed by atoms with van der Waals surface area (Å²) < 4.78 is 0. The minimum atomic E-state index is -0.107. The van der Waals surface area contributed by atoms with Gasteiger partial charge in [-0.25, -0.2) is 9.97 Å². The van der Waals surface area contributed by atoms with E-state index in [4.69, 9.17) is 0 Å². The first-order chi connectivity index (χ1) is 13.4. The Kier molecular flexibility index (Phi) is 6.04. The normalized spacial score (nSPS) is 10.8. The molecule has 0 aliphatic rings. The quantitative estimate of drug-likeness (QED) is 0.667. The van der Waals surface area contributed by atoms with Crippen molar-refractivity contribution in [3.8, 4) is 0 Å². The molecule has 28 heavy (non-hydrogen) atoms. The fraction of sp³-hybridized carbons (Fsp3) is 0.261. The highest BCUT2D eigenvalue weighted by Gasteiger charge is 2.21.